The summed E-state index contributed by atoms with van der Waals surface area (Å²) in [6.07, 6.45) is 17.5. The highest BCUT2D eigenvalue weighted by Crippen LogP contribution is 2.23. The van der Waals surface area contributed by atoms with Gasteiger partial charge in [-0.1, -0.05) is 90.9 Å². The smallest absolute Gasteiger partial charge is 0.303 e. The van der Waals surface area contributed by atoms with Crippen molar-refractivity contribution in [3.63, 3.8) is 0 Å². The molecule has 1 atom stereocenters. The molecule has 0 bridgehead atoms. The van der Waals surface area contributed by atoms with E-state index in [4.69, 9.17) is 10.2 Å². The lowest BCUT2D eigenvalue weighted by Crippen LogP contribution is -2.13. The van der Waals surface area contributed by atoms with Gasteiger partial charge in [-0.2, -0.15) is 0 Å². The standard InChI is InChI=1S/C22H42O4.2ClH/c1-19(2)20(18-22(25)26)16-14-12-10-8-6-4-3-5-7-9-11-13-15-17-21(23)24;;/h19-20H,3-18H2,1-2H3,(H,23,24)(H,25,26);2*1H. The fourth-order valence-electron chi connectivity index (χ4n) is 3.52. The van der Waals surface area contributed by atoms with Gasteiger partial charge in [0.25, 0.3) is 0 Å². The van der Waals surface area contributed by atoms with E-state index in [1.165, 1.54) is 64.2 Å². The van der Waals surface area contributed by atoms with Gasteiger partial charge < -0.3 is 10.2 Å². The normalized spacial score (nSPS) is 11.5. The topological polar surface area (TPSA) is 74.6 Å². The number of rotatable bonds is 19. The third-order valence-electron chi connectivity index (χ3n) is 5.35. The maximum atomic E-state index is 10.9. The molecular weight excluding hydrogens is 399 g/mol. The molecule has 0 spiro atoms. The molecule has 0 amide bonds. The van der Waals surface area contributed by atoms with E-state index in [1.807, 2.05) is 0 Å². The summed E-state index contributed by atoms with van der Waals surface area (Å²) >= 11 is 0. The molecule has 0 saturated heterocycles. The molecule has 0 aromatic carbocycles. The first-order valence-electron chi connectivity index (χ1n) is 10.9. The van der Waals surface area contributed by atoms with Gasteiger partial charge in [-0.25, -0.2) is 0 Å². The van der Waals surface area contributed by atoms with Gasteiger partial charge in [0.2, 0.25) is 0 Å². The van der Waals surface area contributed by atoms with E-state index in [0.29, 0.717) is 24.7 Å². The van der Waals surface area contributed by atoms with Crippen LogP contribution in [0.3, 0.4) is 0 Å². The van der Waals surface area contributed by atoms with E-state index in [-0.39, 0.29) is 24.8 Å². The van der Waals surface area contributed by atoms with Crippen LogP contribution < -0.4 is 0 Å². The zero-order valence-electron chi connectivity index (χ0n) is 18.0. The molecule has 4 nitrogen and oxygen atoms in total. The van der Waals surface area contributed by atoms with E-state index < -0.39 is 11.9 Å². The van der Waals surface area contributed by atoms with Crippen LogP contribution >= 0.6 is 24.8 Å². The lowest BCUT2D eigenvalue weighted by Gasteiger charge is -2.18. The van der Waals surface area contributed by atoms with E-state index in [0.717, 1.165) is 25.7 Å². The molecule has 2 N–H and O–H groups in total. The molecule has 0 heterocycles. The molecule has 0 aliphatic heterocycles. The maximum Gasteiger partial charge on any atom is 0.303 e. The molecule has 0 fully saturated rings. The Bertz CT molecular complexity index is 362. The Morgan fingerprint density at radius 2 is 0.964 bits per heavy atom. The van der Waals surface area contributed by atoms with Crippen LogP contribution in [0.2, 0.25) is 0 Å². The van der Waals surface area contributed by atoms with E-state index in [2.05, 4.69) is 13.8 Å². The van der Waals surface area contributed by atoms with Gasteiger partial charge in [-0.3, -0.25) is 9.59 Å². The van der Waals surface area contributed by atoms with Gasteiger partial charge >= 0.3 is 11.9 Å². The van der Waals surface area contributed by atoms with Crippen molar-refractivity contribution in [1.29, 1.82) is 0 Å². The quantitative estimate of drug-likeness (QED) is 0.203. The van der Waals surface area contributed by atoms with Crippen molar-refractivity contribution < 1.29 is 19.8 Å². The fraction of sp³-hybridized carbons (Fsp3) is 0.909. The molecule has 0 aliphatic carbocycles. The largest absolute Gasteiger partial charge is 0.481 e. The number of hydrogen-bond donors (Lipinski definition) is 2. The molecule has 0 aliphatic rings. The summed E-state index contributed by atoms with van der Waals surface area (Å²) in [5, 5.41) is 17.5. The molecule has 0 aromatic heterocycles. The van der Waals surface area contributed by atoms with Crippen molar-refractivity contribution in [3.05, 3.63) is 0 Å². The summed E-state index contributed by atoms with van der Waals surface area (Å²) in [6.45, 7) is 4.26. The zero-order chi connectivity index (χ0) is 19.6. The van der Waals surface area contributed by atoms with E-state index >= 15 is 0 Å². The van der Waals surface area contributed by atoms with Crippen LogP contribution in [0.15, 0.2) is 0 Å². The van der Waals surface area contributed by atoms with E-state index in [9.17, 15) is 9.59 Å². The Morgan fingerprint density at radius 1 is 0.607 bits per heavy atom. The van der Waals surface area contributed by atoms with Crippen LogP contribution in [0.1, 0.15) is 117 Å². The third kappa shape index (κ3) is 23.6. The zero-order valence-corrected chi connectivity index (χ0v) is 19.6. The number of aliphatic carboxylic acids is 2. The highest BCUT2D eigenvalue weighted by atomic mass is 35.5. The summed E-state index contributed by atoms with van der Waals surface area (Å²) in [6, 6.07) is 0. The summed E-state index contributed by atoms with van der Waals surface area (Å²) < 4.78 is 0. The van der Waals surface area contributed by atoms with Crippen molar-refractivity contribution in [2.75, 3.05) is 0 Å². The van der Waals surface area contributed by atoms with Crippen LogP contribution in [0.25, 0.3) is 0 Å². The minimum atomic E-state index is -0.676. The Kier molecular flexibility index (Phi) is 26.2. The van der Waals surface area contributed by atoms with Gasteiger partial charge in [-0.05, 0) is 24.7 Å². The van der Waals surface area contributed by atoms with Crippen molar-refractivity contribution in [3.8, 4) is 0 Å². The first kappa shape index (κ1) is 32.2. The Hall–Kier alpha value is -0.480. The van der Waals surface area contributed by atoms with Crippen LogP contribution in [0.5, 0.6) is 0 Å². The van der Waals surface area contributed by atoms with Gasteiger partial charge in [0.05, 0.1) is 0 Å². The molecular formula is C22H44Cl2O4. The fourth-order valence-corrected chi connectivity index (χ4v) is 3.52. The number of carboxylic acids is 2. The van der Waals surface area contributed by atoms with Gasteiger partial charge in [0.15, 0.2) is 0 Å². The summed E-state index contributed by atoms with van der Waals surface area (Å²) in [5.74, 6) is -0.547. The van der Waals surface area contributed by atoms with Gasteiger partial charge in [0.1, 0.15) is 0 Å². The predicted molar refractivity (Wildman–Crippen MR) is 122 cm³/mol. The van der Waals surface area contributed by atoms with Crippen molar-refractivity contribution >= 4 is 36.8 Å². The predicted octanol–water partition coefficient (Wildman–Crippen LogP) is 7.51. The highest BCUT2D eigenvalue weighted by molar-refractivity contribution is 5.85. The molecule has 1 unspecified atom stereocenters. The minimum absolute atomic E-state index is 0. The average molecular weight is 443 g/mol. The number of halogens is 2. The van der Waals surface area contributed by atoms with Crippen LogP contribution in [0, 0.1) is 11.8 Å². The lowest BCUT2D eigenvalue weighted by molar-refractivity contribution is -0.139. The SMILES string of the molecule is CC(C)C(CCCCCCCCCCCCCCCC(=O)O)CC(=O)O.Cl.Cl. The molecule has 170 valence electrons. The molecule has 0 saturated carbocycles. The third-order valence-corrected chi connectivity index (χ3v) is 5.35. The van der Waals surface area contributed by atoms with Crippen LogP contribution in [0.4, 0.5) is 0 Å². The van der Waals surface area contributed by atoms with Gasteiger partial charge in [0, 0.05) is 12.8 Å². The second-order valence-electron chi connectivity index (χ2n) is 8.13. The molecule has 28 heavy (non-hydrogen) atoms. The first-order chi connectivity index (χ1) is 12.4. The van der Waals surface area contributed by atoms with Crippen LogP contribution in [-0.2, 0) is 9.59 Å². The summed E-state index contributed by atoms with van der Waals surface area (Å²) in [7, 11) is 0. The summed E-state index contributed by atoms with van der Waals surface area (Å²) in [5.41, 5.74) is 0. The second kappa shape index (κ2) is 22.8. The Morgan fingerprint density at radius 3 is 1.29 bits per heavy atom. The number of carbonyl (C=O) groups is 2. The number of carboxylic acid groups (broad SMARTS) is 2. The molecule has 0 aromatic rings. The monoisotopic (exact) mass is 442 g/mol. The second-order valence-corrected chi connectivity index (χ2v) is 8.13. The van der Waals surface area contributed by atoms with Crippen molar-refractivity contribution in [1.82, 2.24) is 0 Å². The minimum Gasteiger partial charge on any atom is -0.481 e. The maximum absolute atomic E-state index is 10.9. The first-order valence-corrected chi connectivity index (χ1v) is 10.9. The van der Waals surface area contributed by atoms with Crippen molar-refractivity contribution in [2.24, 2.45) is 11.8 Å². The molecule has 0 rings (SSSR count). The Labute approximate surface area is 185 Å². The number of hydrogen-bond acceptors (Lipinski definition) is 2. The lowest BCUT2D eigenvalue weighted by atomic mass is 9.87. The number of unbranched alkanes of at least 4 members (excludes halogenated alkanes) is 12. The average Bonchev–Trinajstić information content (AvgIpc) is 2.56. The van der Waals surface area contributed by atoms with Crippen LogP contribution in [-0.4, -0.2) is 22.2 Å². The molecule has 6 heteroatoms. The Balaban J connectivity index is -0.00000312. The molecule has 0 radical (unpaired) electrons. The van der Waals surface area contributed by atoms with Gasteiger partial charge in [-0.15, -0.1) is 24.8 Å². The van der Waals surface area contributed by atoms with E-state index in [1.54, 1.807) is 0 Å². The highest BCUT2D eigenvalue weighted by Gasteiger charge is 2.16. The van der Waals surface area contributed by atoms with Crippen molar-refractivity contribution in [2.45, 2.75) is 117 Å². The summed E-state index contributed by atoms with van der Waals surface area (Å²) in [4.78, 5) is 21.3.